The van der Waals surface area contributed by atoms with Crippen LogP contribution in [0, 0.1) is 0 Å². The predicted molar refractivity (Wildman–Crippen MR) is 55.4 cm³/mol. The first-order valence-electron chi connectivity index (χ1n) is 4.22. The van der Waals surface area contributed by atoms with Crippen LogP contribution in [-0.4, -0.2) is 44.8 Å². The van der Waals surface area contributed by atoms with Gasteiger partial charge in [-0.2, -0.15) is 0 Å². The molecule has 0 aromatic carbocycles. The molecule has 5 heteroatoms. The number of carbonyl (C=O) groups is 1. The van der Waals surface area contributed by atoms with Gasteiger partial charge in [-0.1, -0.05) is 0 Å². The van der Waals surface area contributed by atoms with Gasteiger partial charge < -0.3 is 15.0 Å². The lowest BCUT2D eigenvalue weighted by Gasteiger charge is -2.09. The van der Waals surface area contributed by atoms with Crippen LogP contribution in [0.15, 0.2) is 0 Å². The minimum absolute atomic E-state index is 0. The molecule has 0 aliphatic rings. The zero-order valence-corrected chi connectivity index (χ0v) is 9.32. The molecule has 0 radical (unpaired) electrons. The molecule has 0 unspecified atom stereocenters. The van der Waals surface area contributed by atoms with Gasteiger partial charge in [0.2, 0.25) is 0 Å². The van der Waals surface area contributed by atoms with E-state index in [2.05, 4.69) is 15.0 Å². The lowest BCUT2D eigenvalue weighted by Crippen LogP contribution is -2.27. The van der Waals surface area contributed by atoms with E-state index >= 15 is 0 Å². The fourth-order valence-electron chi connectivity index (χ4n) is 0.768. The highest BCUT2D eigenvalue weighted by Crippen LogP contribution is 1.82. The molecule has 80 valence electrons. The van der Waals surface area contributed by atoms with E-state index in [1.54, 1.807) is 6.92 Å². The fraction of sp³-hybridized carbons (Fsp3) is 0.875. The molecular formula is C8H19ClN2O2. The largest absolute Gasteiger partial charge is 0.450 e. The van der Waals surface area contributed by atoms with Gasteiger partial charge in [0.05, 0.1) is 6.61 Å². The molecule has 0 aromatic rings. The van der Waals surface area contributed by atoms with E-state index in [0.717, 1.165) is 13.0 Å². The highest BCUT2D eigenvalue weighted by Gasteiger charge is 1.97. The average molecular weight is 211 g/mol. The third kappa shape index (κ3) is 11.5. The van der Waals surface area contributed by atoms with Crippen molar-refractivity contribution in [3.63, 3.8) is 0 Å². The Bertz CT molecular complexity index is 131. The first kappa shape index (κ1) is 15.0. The molecule has 0 rings (SSSR count). The summed E-state index contributed by atoms with van der Waals surface area (Å²) < 4.78 is 4.69. The van der Waals surface area contributed by atoms with Crippen LogP contribution in [-0.2, 0) is 4.74 Å². The topological polar surface area (TPSA) is 41.6 Å². The van der Waals surface area contributed by atoms with E-state index in [-0.39, 0.29) is 18.5 Å². The third-order valence-electron chi connectivity index (χ3n) is 1.33. The zero-order valence-electron chi connectivity index (χ0n) is 8.50. The highest BCUT2D eigenvalue weighted by molar-refractivity contribution is 5.85. The Hall–Kier alpha value is -0.480. The molecule has 0 bridgehead atoms. The zero-order chi connectivity index (χ0) is 9.40. The number of nitrogens with one attached hydrogen (secondary N) is 1. The standard InChI is InChI=1S/C8H18N2O2.ClH/c1-4-12-8(11)9-6-5-7-10(2)3;/h4-7H2,1-3H3,(H,9,11);1H. The Morgan fingerprint density at radius 3 is 2.54 bits per heavy atom. The molecule has 0 saturated carbocycles. The minimum atomic E-state index is -0.323. The third-order valence-corrected chi connectivity index (χ3v) is 1.33. The molecule has 0 heterocycles. The maximum atomic E-state index is 10.7. The summed E-state index contributed by atoms with van der Waals surface area (Å²) in [7, 11) is 4.01. The van der Waals surface area contributed by atoms with E-state index in [4.69, 9.17) is 0 Å². The SMILES string of the molecule is CCOC(=O)NCCCN(C)C.Cl. The lowest BCUT2D eigenvalue weighted by atomic mass is 10.4. The number of carbonyl (C=O) groups excluding carboxylic acids is 1. The Morgan fingerprint density at radius 1 is 1.46 bits per heavy atom. The van der Waals surface area contributed by atoms with Crippen molar-refractivity contribution in [2.75, 3.05) is 33.8 Å². The van der Waals surface area contributed by atoms with Crippen LogP contribution in [0.2, 0.25) is 0 Å². The van der Waals surface area contributed by atoms with Crippen LogP contribution in [0.1, 0.15) is 13.3 Å². The van der Waals surface area contributed by atoms with Gasteiger partial charge >= 0.3 is 6.09 Å². The lowest BCUT2D eigenvalue weighted by molar-refractivity contribution is 0.152. The van der Waals surface area contributed by atoms with Crippen molar-refractivity contribution in [1.82, 2.24) is 10.2 Å². The van der Waals surface area contributed by atoms with Crippen molar-refractivity contribution in [3.05, 3.63) is 0 Å². The van der Waals surface area contributed by atoms with Crippen molar-refractivity contribution in [2.24, 2.45) is 0 Å². The van der Waals surface area contributed by atoms with Crippen molar-refractivity contribution >= 4 is 18.5 Å². The molecule has 0 aliphatic carbocycles. The van der Waals surface area contributed by atoms with Crippen LogP contribution in [0.4, 0.5) is 4.79 Å². The van der Waals surface area contributed by atoms with E-state index < -0.39 is 0 Å². The Labute approximate surface area is 86.0 Å². The molecule has 0 fully saturated rings. The van der Waals surface area contributed by atoms with Gasteiger partial charge in [-0.3, -0.25) is 0 Å². The van der Waals surface area contributed by atoms with Crippen LogP contribution >= 0.6 is 12.4 Å². The van der Waals surface area contributed by atoms with Gasteiger partial charge in [0.25, 0.3) is 0 Å². The summed E-state index contributed by atoms with van der Waals surface area (Å²) in [6.07, 6.45) is 0.627. The van der Waals surface area contributed by atoms with E-state index in [1.165, 1.54) is 0 Å². The molecule has 0 atom stereocenters. The second kappa shape index (κ2) is 9.61. The molecule has 13 heavy (non-hydrogen) atoms. The van der Waals surface area contributed by atoms with Crippen LogP contribution in [0.3, 0.4) is 0 Å². The summed E-state index contributed by atoms with van der Waals surface area (Å²) >= 11 is 0. The molecule has 0 aromatic heterocycles. The summed E-state index contributed by atoms with van der Waals surface area (Å²) in [5, 5.41) is 2.65. The van der Waals surface area contributed by atoms with E-state index in [9.17, 15) is 4.79 Å². The quantitative estimate of drug-likeness (QED) is 0.692. The molecule has 4 nitrogen and oxygen atoms in total. The van der Waals surface area contributed by atoms with E-state index in [0.29, 0.717) is 13.2 Å². The number of hydrogen-bond donors (Lipinski definition) is 1. The number of amides is 1. The predicted octanol–water partition coefficient (Wildman–Crippen LogP) is 1.11. The Balaban J connectivity index is 0. The van der Waals surface area contributed by atoms with Crippen LogP contribution in [0.5, 0.6) is 0 Å². The summed E-state index contributed by atoms with van der Waals surface area (Å²) in [5.41, 5.74) is 0. The van der Waals surface area contributed by atoms with Gasteiger partial charge in [-0.05, 0) is 34.0 Å². The fourth-order valence-corrected chi connectivity index (χ4v) is 0.768. The summed E-state index contributed by atoms with van der Waals surface area (Å²) in [6.45, 7) is 3.88. The van der Waals surface area contributed by atoms with E-state index in [1.807, 2.05) is 14.1 Å². The van der Waals surface area contributed by atoms with Crippen molar-refractivity contribution in [3.8, 4) is 0 Å². The minimum Gasteiger partial charge on any atom is -0.450 e. The normalized spacial score (nSPS) is 9.23. The smallest absolute Gasteiger partial charge is 0.407 e. The summed E-state index contributed by atoms with van der Waals surface area (Å²) in [4.78, 5) is 12.8. The molecule has 0 spiro atoms. The number of rotatable bonds is 5. The van der Waals surface area contributed by atoms with Crippen molar-refractivity contribution in [2.45, 2.75) is 13.3 Å². The van der Waals surface area contributed by atoms with Gasteiger partial charge in [0.1, 0.15) is 0 Å². The van der Waals surface area contributed by atoms with Gasteiger partial charge in [-0.15, -0.1) is 12.4 Å². The van der Waals surface area contributed by atoms with Crippen molar-refractivity contribution < 1.29 is 9.53 Å². The number of halogens is 1. The molecule has 1 amide bonds. The highest BCUT2D eigenvalue weighted by atomic mass is 35.5. The second-order valence-corrected chi connectivity index (χ2v) is 2.80. The number of alkyl carbamates (subject to hydrolysis) is 1. The maximum Gasteiger partial charge on any atom is 0.407 e. The van der Waals surface area contributed by atoms with Gasteiger partial charge in [-0.25, -0.2) is 4.79 Å². The Kier molecular flexibility index (Phi) is 11.1. The van der Waals surface area contributed by atoms with Crippen LogP contribution < -0.4 is 5.32 Å². The van der Waals surface area contributed by atoms with Crippen LogP contribution in [0.25, 0.3) is 0 Å². The Morgan fingerprint density at radius 2 is 2.08 bits per heavy atom. The molecule has 0 saturated heterocycles. The molecule has 1 N–H and O–H groups in total. The molecular weight excluding hydrogens is 192 g/mol. The van der Waals surface area contributed by atoms with Gasteiger partial charge in [0.15, 0.2) is 0 Å². The molecule has 0 aliphatic heterocycles. The van der Waals surface area contributed by atoms with Gasteiger partial charge in [0, 0.05) is 6.54 Å². The maximum absolute atomic E-state index is 10.7. The first-order chi connectivity index (χ1) is 5.66. The second-order valence-electron chi connectivity index (χ2n) is 2.80. The summed E-state index contributed by atoms with van der Waals surface area (Å²) in [6, 6.07) is 0. The number of ether oxygens (including phenoxy) is 1. The monoisotopic (exact) mass is 210 g/mol. The number of hydrogen-bond acceptors (Lipinski definition) is 3. The van der Waals surface area contributed by atoms with Crippen molar-refractivity contribution in [1.29, 1.82) is 0 Å². The first-order valence-corrected chi connectivity index (χ1v) is 4.22. The number of nitrogens with zero attached hydrogens (tertiary/aromatic N) is 1. The average Bonchev–Trinajstić information content (AvgIpc) is 1.98. The summed E-state index contributed by atoms with van der Waals surface area (Å²) in [5.74, 6) is 0.